The molecule has 2 aromatic heterocycles. The first-order valence-corrected chi connectivity index (χ1v) is 12.4. The van der Waals surface area contributed by atoms with Crippen molar-refractivity contribution in [2.45, 2.75) is 0 Å². The molecular formula is C34H21NO2. The smallest absolute Gasteiger partial charge is 0.159 e. The molecule has 0 aliphatic rings. The summed E-state index contributed by atoms with van der Waals surface area (Å²) in [7, 11) is 0. The van der Waals surface area contributed by atoms with Gasteiger partial charge in [-0.05, 0) is 59.3 Å². The van der Waals surface area contributed by atoms with Crippen molar-refractivity contribution >= 4 is 71.7 Å². The van der Waals surface area contributed by atoms with Crippen LogP contribution in [0.25, 0.3) is 54.6 Å². The number of hydrogen-bond donors (Lipinski definition) is 0. The van der Waals surface area contributed by atoms with Gasteiger partial charge in [0.1, 0.15) is 16.7 Å². The molecular weight excluding hydrogens is 454 g/mol. The predicted molar refractivity (Wildman–Crippen MR) is 153 cm³/mol. The standard InChI is InChI=1S/C34H21NO2/c1-2-11-24(12-3-1)35(25-18-17-22-9-4-5-10-23(22)21-25)29-15-8-14-26-27-19-20-31-32(34(27)37-33(26)29)28-13-6-7-16-30(28)36-31/h1-21H. The van der Waals surface area contributed by atoms with Gasteiger partial charge in [0.05, 0.1) is 11.1 Å². The fourth-order valence-corrected chi connectivity index (χ4v) is 5.55. The van der Waals surface area contributed by atoms with Gasteiger partial charge in [0, 0.05) is 27.5 Å². The number of furan rings is 2. The molecule has 0 fully saturated rings. The number of fused-ring (bicyclic) bond motifs is 8. The second-order valence-electron chi connectivity index (χ2n) is 9.37. The minimum Gasteiger partial charge on any atom is -0.456 e. The fraction of sp³-hybridized carbons (Fsp3) is 0. The minimum absolute atomic E-state index is 0.837. The lowest BCUT2D eigenvalue weighted by Gasteiger charge is -2.25. The van der Waals surface area contributed by atoms with Crippen molar-refractivity contribution in [1.82, 2.24) is 0 Å². The van der Waals surface area contributed by atoms with Crippen LogP contribution in [0.5, 0.6) is 0 Å². The van der Waals surface area contributed by atoms with E-state index in [0.29, 0.717) is 0 Å². The summed E-state index contributed by atoms with van der Waals surface area (Å²) in [6, 6.07) is 44.2. The van der Waals surface area contributed by atoms with Crippen LogP contribution in [0.1, 0.15) is 0 Å². The molecule has 3 heteroatoms. The van der Waals surface area contributed by atoms with Gasteiger partial charge in [-0.25, -0.2) is 0 Å². The fourth-order valence-electron chi connectivity index (χ4n) is 5.55. The second kappa shape index (κ2) is 7.74. The van der Waals surface area contributed by atoms with Crippen molar-refractivity contribution in [3.8, 4) is 0 Å². The molecule has 8 aromatic rings. The molecule has 2 heterocycles. The maximum atomic E-state index is 6.77. The molecule has 0 radical (unpaired) electrons. The summed E-state index contributed by atoms with van der Waals surface area (Å²) in [5, 5.41) is 6.67. The SMILES string of the molecule is c1ccc(N(c2ccc3ccccc3c2)c2cccc3c2oc2c3ccc3oc4ccccc4c32)cc1. The van der Waals surface area contributed by atoms with E-state index >= 15 is 0 Å². The third-order valence-electron chi connectivity index (χ3n) is 7.23. The van der Waals surface area contributed by atoms with Crippen LogP contribution >= 0.6 is 0 Å². The maximum absolute atomic E-state index is 6.77. The summed E-state index contributed by atoms with van der Waals surface area (Å²) >= 11 is 0. The summed E-state index contributed by atoms with van der Waals surface area (Å²) in [4.78, 5) is 2.28. The highest BCUT2D eigenvalue weighted by Gasteiger charge is 2.21. The molecule has 0 atom stereocenters. The summed E-state index contributed by atoms with van der Waals surface area (Å²) in [5.74, 6) is 0. The molecule has 0 N–H and O–H groups in total. The summed E-state index contributed by atoms with van der Waals surface area (Å²) in [5.41, 5.74) is 6.57. The van der Waals surface area contributed by atoms with Crippen LogP contribution in [0, 0.1) is 0 Å². The molecule has 0 aliphatic heterocycles. The van der Waals surface area contributed by atoms with Gasteiger partial charge in [-0.3, -0.25) is 0 Å². The van der Waals surface area contributed by atoms with Crippen LogP contribution in [0.3, 0.4) is 0 Å². The van der Waals surface area contributed by atoms with Crippen LogP contribution in [0.4, 0.5) is 17.1 Å². The predicted octanol–water partition coefficient (Wildman–Crippen LogP) is 10.1. The first kappa shape index (κ1) is 20.2. The summed E-state index contributed by atoms with van der Waals surface area (Å²) < 4.78 is 12.9. The molecule has 0 unspecified atom stereocenters. The van der Waals surface area contributed by atoms with E-state index < -0.39 is 0 Å². The number of hydrogen-bond acceptors (Lipinski definition) is 3. The normalized spacial score (nSPS) is 11.8. The maximum Gasteiger partial charge on any atom is 0.159 e. The molecule has 0 amide bonds. The Labute approximate surface area is 212 Å². The van der Waals surface area contributed by atoms with Crippen molar-refractivity contribution < 1.29 is 8.83 Å². The van der Waals surface area contributed by atoms with Gasteiger partial charge in [0.2, 0.25) is 0 Å². The molecule has 0 aliphatic carbocycles. The number of benzene rings is 6. The lowest BCUT2D eigenvalue weighted by molar-refractivity contribution is 0.663. The van der Waals surface area contributed by atoms with Crippen molar-refractivity contribution in [2.75, 3.05) is 4.90 Å². The first-order valence-electron chi connectivity index (χ1n) is 12.4. The van der Waals surface area contributed by atoms with Crippen molar-refractivity contribution in [3.63, 3.8) is 0 Å². The lowest BCUT2D eigenvalue weighted by atomic mass is 10.1. The quantitative estimate of drug-likeness (QED) is 0.255. The number of nitrogens with zero attached hydrogens (tertiary/aromatic N) is 1. The van der Waals surface area contributed by atoms with Crippen LogP contribution in [-0.4, -0.2) is 0 Å². The first-order chi connectivity index (χ1) is 18.3. The number of rotatable bonds is 3. The molecule has 6 aromatic carbocycles. The molecule has 0 bridgehead atoms. The van der Waals surface area contributed by atoms with Gasteiger partial charge in [-0.1, -0.05) is 78.9 Å². The Morgan fingerprint density at radius 3 is 2.11 bits per heavy atom. The highest BCUT2D eigenvalue weighted by molar-refractivity contribution is 6.23. The highest BCUT2D eigenvalue weighted by Crippen LogP contribution is 2.45. The van der Waals surface area contributed by atoms with Gasteiger partial charge in [0.15, 0.2) is 5.58 Å². The third-order valence-corrected chi connectivity index (χ3v) is 7.23. The average molecular weight is 476 g/mol. The topological polar surface area (TPSA) is 29.5 Å². The molecule has 0 saturated heterocycles. The van der Waals surface area contributed by atoms with E-state index in [4.69, 9.17) is 8.83 Å². The highest BCUT2D eigenvalue weighted by atomic mass is 16.3. The minimum atomic E-state index is 0.837. The molecule has 37 heavy (non-hydrogen) atoms. The van der Waals surface area contributed by atoms with E-state index in [1.54, 1.807) is 0 Å². The Bertz CT molecular complexity index is 2100. The average Bonchev–Trinajstić information content (AvgIpc) is 3.52. The Hall–Kier alpha value is -5.02. The Balaban J connectivity index is 1.45. The van der Waals surface area contributed by atoms with E-state index in [0.717, 1.165) is 60.9 Å². The van der Waals surface area contributed by atoms with E-state index in [1.807, 2.05) is 24.3 Å². The monoisotopic (exact) mass is 475 g/mol. The van der Waals surface area contributed by atoms with E-state index in [2.05, 4.69) is 108 Å². The molecule has 3 nitrogen and oxygen atoms in total. The van der Waals surface area contributed by atoms with E-state index in [9.17, 15) is 0 Å². The van der Waals surface area contributed by atoms with Crippen LogP contribution in [0.15, 0.2) is 136 Å². The number of anilines is 3. The van der Waals surface area contributed by atoms with Gasteiger partial charge in [0.25, 0.3) is 0 Å². The Morgan fingerprint density at radius 2 is 1.19 bits per heavy atom. The van der Waals surface area contributed by atoms with Gasteiger partial charge in [-0.2, -0.15) is 0 Å². The lowest BCUT2D eigenvalue weighted by Crippen LogP contribution is -2.10. The molecule has 8 rings (SSSR count). The van der Waals surface area contributed by atoms with Crippen LogP contribution < -0.4 is 4.90 Å². The molecule has 174 valence electrons. The summed E-state index contributed by atoms with van der Waals surface area (Å²) in [6.45, 7) is 0. The third kappa shape index (κ3) is 3.01. The van der Waals surface area contributed by atoms with Crippen molar-refractivity contribution in [1.29, 1.82) is 0 Å². The number of para-hydroxylation sites is 3. The molecule has 0 saturated carbocycles. The zero-order chi connectivity index (χ0) is 24.3. The zero-order valence-electron chi connectivity index (χ0n) is 19.9. The van der Waals surface area contributed by atoms with Crippen molar-refractivity contribution in [3.05, 3.63) is 127 Å². The van der Waals surface area contributed by atoms with Gasteiger partial charge in [-0.15, -0.1) is 0 Å². The van der Waals surface area contributed by atoms with E-state index in [1.165, 1.54) is 10.8 Å². The second-order valence-corrected chi connectivity index (χ2v) is 9.37. The Morgan fingerprint density at radius 1 is 0.432 bits per heavy atom. The molecule has 0 spiro atoms. The zero-order valence-corrected chi connectivity index (χ0v) is 19.9. The largest absolute Gasteiger partial charge is 0.456 e. The van der Waals surface area contributed by atoms with E-state index in [-0.39, 0.29) is 0 Å². The van der Waals surface area contributed by atoms with Gasteiger partial charge >= 0.3 is 0 Å². The Kier molecular flexibility index (Phi) is 4.23. The van der Waals surface area contributed by atoms with Crippen molar-refractivity contribution in [2.24, 2.45) is 0 Å². The van der Waals surface area contributed by atoms with Crippen LogP contribution in [0.2, 0.25) is 0 Å². The summed E-state index contributed by atoms with van der Waals surface area (Å²) in [6.07, 6.45) is 0. The van der Waals surface area contributed by atoms with Gasteiger partial charge < -0.3 is 13.7 Å². The van der Waals surface area contributed by atoms with Crippen LogP contribution in [-0.2, 0) is 0 Å².